The number of carbonyl (C=O) groups is 1. The molecule has 4 heteroatoms. The number of hydrogen-bond donors (Lipinski definition) is 0. The Labute approximate surface area is 85.3 Å². The highest BCUT2D eigenvalue weighted by atomic mass is 127. The molecule has 0 aliphatic heterocycles. The number of rotatable bonds is 2. The van der Waals surface area contributed by atoms with Crippen molar-refractivity contribution < 1.29 is 4.79 Å². The summed E-state index contributed by atoms with van der Waals surface area (Å²) in [7, 11) is 0. The lowest BCUT2D eigenvalue weighted by molar-refractivity contribution is 0.101. The molecule has 0 unspecified atom stereocenters. The summed E-state index contributed by atoms with van der Waals surface area (Å²) >= 11 is 2.25. The van der Waals surface area contributed by atoms with Crippen molar-refractivity contribution in [3.63, 3.8) is 0 Å². The molecule has 0 bridgehead atoms. The van der Waals surface area contributed by atoms with E-state index < -0.39 is 0 Å². The van der Waals surface area contributed by atoms with Gasteiger partial charge in [0.1, 0.15) is 11.5 Å². The van der Waals surface area contributed by atoms with Crippen LogP contribution in [-0.4, -0.2) is 15.3 Å². The second-order valence-electron chi connectivity index (χ2n) is 2.70. The van der Waals surface area contributed by atoms with Crippen molar-refractivity contribution in [2.75, 3.05) is 0 Å². The van der Waals surface area contributed by atoms with Crippen LogP contribution < -0.4 is 0 Å². The minimum absolute atomic E-state index is 0.0409. The Morgan fingerprint density at radius 3 is 2.42 bits per heavy atom. The molecule has 3 nitrogen and oxygen atoms in total. The average Bonchev–Trinajstić information content (AvgIpc) is 2.27. The van der Waals surface area contributed by atoms with E-state index in [0.29, 0.717) is 5.69 Å². The number of carbonyl (C=O) groups excluding carboxylic acids is 1. The number of nitrogens with zero attached hydrogens (tertiary/aromatic N) is 2. The molecule has 1 rings (SSSR count). The van der Waals surface area contributed by atoms with Gasteiger partial charge in [-0.15, -0.1) is 0 Å². The fourth-order valence-corrected chi connectivity index (χ4v) is 2.19. The van der Waals surface area contributed by atoms with Gasteiger partial charge in [0, 0.05) is 12.6 Å². The summed E-state index contributed by atoms with van der Waals surface area (Å²) in [5.41, 5.74) is 1.57. The fraction of sp³-hybridized carbons (Fsp3) is 0.500. The van der Waals surface area contributed by atoms with Crippen LogP contribution in [0.4, 0.5) is 0 Å². The molecule has 12 heavy (non-hydrogen) atoms. The smallest absolute Gasteiger partial charge is 0.179 e. The van der Waals surface area contributed by atoms with Crippen LogP contribution in [0.15, 0.2) is 0 Å². The Bertz CT molecular complexity index is 317. The number of aromatic nitrogens is 2. The molecule has 0 radical (unpaired) electrons. The van der Waals surface area contributed by atoms with Gasteiger partial charge in [-0.3, -0.25) is 4.79 Å². The maximum absolute atomic E-state index is 11.1. The summed E-state index contributed by atoms with van der Waals surface area (Å²) in [6.45, 7) is 5.39. The van der Waals surface area contributed by atoms with Crippen molar-refractivity contribution in [3.8, 4) is 0 Å². The Hall–Kier alpha value is -0.390. The number of Topliss-reactive ketones (excluding diaryl/α,β-unsaturated/α-hetero) is 1. The lowest BCUT2D eigenvalue weighted by atomic mass is 10.3. The van der Waals surface area contributed by atoms with E-state index >= 15 is 0 Å². The Morgan fingerprint density at radius 1 is 1.58 bits per heavy atom. The van der Waals surface area contributed by atoms with Crippen LogP contribution >= 0.6 is 22.6 Å². The lowest BCUT2D eigenvalue weighted by Crippen LogP contribution is -1.99. The molecule has 0 atom stereocenters. The minimum atomic E-state index is 0.0409. The van der Waals surface area contributed by atoms with Crippen molar-refractivity contribution in [2.45, 2.75) is 25.3 Å². The topological polar surface area (TPSA) is 34.9 Å². The third kappa shape index (κ3) is 1.53. The summed E-state index contributed by atoms with van der Waals surface area (Å²) in [5.74, 6) is 0.950. The van der Waals surface area contributed by atoms with Crippen LogP contribution in [0.25, 0.3) is 0 Å². The van der Waals surface area contributed by atoms with Crippen molar-refractivity contribution in [1.29, 1.82) is 0 Å². The standard InChI is InChI=1S/C8H11IN2O/c1-5-8(6(2)12)10-7(3)11(5)4-9/h4H2,1-3H3. The molecule has 0 N–H and O–H groups in total. The van der Waals surface area contributed by atoms with Crippen LogP contribution in [0.5, 0.6) is 0 Å². The van der Waals surface area contributed by atoms with E-state index in [0.717, 1.165) is 16.1 Å². The number of halogens is 1. The molecule has 1 aromatic rings. The highest BCUT2D eigenvalue weighted by Crippen LogP contribution is 2.12. The van der Waals surface area contributed by atoms with Crippen molar-refractivity contribution in [1.82, 2.24) is 9.55 Å². The van der Waals surface area contributed by atoms with E-state index in [1.165, 1.54) is 0 Å². The largest absolute Gasteiger partial charge is 0.322 e. The van der Waals surface area contributed by atoms with Crippen LogP contribution in [0.3, 0.4) is 0 Å². The van der Waals surface area contributed by atoms with Gasteiger partial charge in [0.25, 0.3) is 0 Å². The van der Waals surface area contributed by atoms with Crippen molar-refractivity contribution in [2.24, 2.45) is 0 Å². The van der Waals surface area contributed by atoms with Crippen LogP contribution in [0, 0.1) is 13.8 Å². The molecule has 0 saturated carbocycles. The average molecular weight is 278 g/mol. The van der Waals surface area contributed by atoms with Gasteiger partial charge in [0.2, 0.25) is 0 Å². The van der Waals surface area contributed by atoms with Crippen molar-refractivity contribution in [3.05, 3.63) is 17.2 Å². The first-order valence-electron chi connectivity index (χ1n) is 3.68. The van der Waals surface area contributed by atoms with Gasteiger partial charge in [-0.05, 0) is 13.8 Å². The van der Waals surface area contributed by atoms with Gasteiger partial charge in [-0.25, -0.2) is 4.98 Å². The molecule has 0 aliphatic carbocycles. The number of imidazole rings is 1. The minimum Gasteiger partial charge on any atom is -0.322 e. The summed E-state index contributed by atoms with van der Waals surface area (Å²) in [6.07, 6.45) is 0. The van der Waals surface area contributed by atoms with Gasteiger partial charge in [0.05, 0.1) is 4.55 Å². The molecule has 0 amide bonds. The van der Waals surface area contributed by atoms with E-state index in [1.54, 1.807) is 6.92 Å². The first-order valence-corrected chi connectivity index (χ1v) is 5.21. The maximum Gasteiger partial charge on any atom is 0.179 e. The molecule has 0 fully saturated rings. The van der Waals surface area contributed by atoms with E-state index in [2.05, 4.69) is 27.6 Å². The number of ketones is 1. The van der Waals surface area contributed by atoms with Crippen LogP contribution in [0.1, 0.15) is 28.9 Å². The molecule has 0 aromatic carbocycles. The number of hydrogen-bond acceptors (Lipinski definition) is 2. The summed E-state index contributed by atoms with van der Waals surface area (Å²) in [5, 5.41) is 0. The molecule has 0 aliphatic rings. The molecule has 0 saturated heterocycles. The quantitative estimate of drug-likeness (QED) is 0.471. The van der Waals surface area contributed by atoms with Gasteiger partial charge in [-0.2, -0.15) is 0 Å². The second kappa shape index (κ2) is 3.55. The monoisotopic (exact) mass is 278 g/mol. The third-order valence-electron chi connectivity index (χ3n) is 1.86. The van der Waals surface area contributed by atoms with E-state index in [1.807, 2.05) is 18.4 Å². The van der Waals surface area contributed by atoms with Gasteiger partial charge in [-0.1, -0.05) is 22.6 Å². The number of aryl methyl sites for hydroxylation is 1. The summed E-state index contributed by atoms with van der Waals surface area (Å²) in [6, 6.07) is 0. The van der Waals surface area contributed by atoms with E-state index in [-0.39, 0.29) is 5.78 Å². The second-order valence-corrected chi connectivity index (χ2v) is 3.38. The zero-order valence-electron chi connectivity index (χ0n) is 7.39. The lowest BCUT2D eigenvalue weighted by Gasteiger charge is -2.00. The third-order valence-corrected chi connectivity index (χ3v) is 2.55. The van der Waals surface area contributed by atoms with Gasteiger partial charge in [0.15, 0.2) is 5.78 Å². The molecule has 1 heterocycles. The zero-order chi connectivity index (χ0) is 9.30. The van der Waals surface area contributed by atoms with Crippen molar-refractivity contribution >= 4 is 28.4 Å². The first-order chi connectivity index (χ1) is 5.57. The predicted octanol–water partition coefficient (Wildman–Crippen LogP) is 2.10. The SMILES string of the molecule is CC(=O)c1nc(C)n(CI)c1C. The Balaban J connectivity index is 3.26. The molecule has 66 valence electrons. The van der Waals surface area contributed by atoms with Crippen LogP contribution in [0.2, 0.25) is 0 Å². The normalized spacial score (nSPS) is 10.3. The molecular formula is C8H11IN2O. The Kier molecular flexibility index (Phi) is 2.87. The first kappa shape index (κ1) is 9.70. The summed E-state index contributed by atoms with van der Waals surface area (Å²) < 4.78 is 2.87. The molecule has 0 spiro atoms. The maximum atomic E-state index is 11.1. The number of alkyl halides is 1. The summed E-state index contributed by atoms with van der Waals surface area (Å²) in [4.78, 5) is 15.3. The van der Waals surface area contributed by atoms with Crippen LogP contribution in [-0.2, 0) is 4.55 Å². The zero-order valence-corrected chi connectivity index (χ0v) is 9.55. The van der Waals surface area contributed by atoms with Gasteiger partial charge < -0.3 is 4.57 Å². The Morgan fingerprint density at radius 2 is 2.17 bits per heavy atom. The molecular weight excluding hydrogens is 267 g/mol. The van der Waals surface area contributed by atoms with E-state index in [4.69, 9.17) is 0 Å². The predicted molar refractivity (Wildman–Crippen MR) is 55.7 cm³/mol. The molecule has 1 aromatic heterocycles. The van der Waals surface area contributed by atoms with Gasteiger partial charge >= 0.3 is 0 Å². The van der Waals surface area contributed by atoms with E-state index in [9.17, 15) is 4.79 Å². The highest BCUT2D eigenvalue weighted by Gasteiger charge is 2.12. The fourth-order valence-electron chi connectivity index (χ4n) is 1.18. The highest BCUT2D eigenvalue weighted by molar-refractivity contribution is 14.1.